The minimum absolute atomic E-state index is 0.158. The van der Waals surface area contributed by atoms with E-state index in [1.165, 1.54) is 0 Å². The molecule has 1 unspecified atom stereocenters. The van der Waals surface area contributed by atoms with Crippen LogP contribution in [-0.2, 0) is 9.53 Å². The Hall–Kier alpha value is 0.01000. The molecule has 1 fully saturated rings. The van der Waals surface area contributed by atoms with Crippen LogP contribution >= 0.6 is 23.2 Å². The largest absolute Gasteiger partial charge is 0.458 e. The van der Waals surface area contributed by atoms with Crippen molar-refractivity contribution >= 4 is 29.2 Å². The van der Waals surface area contributed by atoms with Crippen LogP contribution in [-0.4, -0.2) is 28.1 Å². The zero-order chi connectivity index (χ0) is 7.78. The van der Waals surface area contributed by atoms with Crippen LogP contribution in [0.5, 0.6) is 0 Å². The van der Waals surface area contributed by atoms with Gasteiger partial charge in [-0.1, -0.05) is 23.2 Å². The summed E-state index contributed by atoms with van der Waals surface area (Å²) in [6.45, 7) is -0.229. The summed E-state index contributed by atoms with van der Waals surface area (Å²) < 4.78 is 3.12. The van der Waals surface area contributed by atoms with Gasteiger partial charge in [-0.25, -0.2) is 4.79 Å². The van der Waals surface area contributed by atoms with Crippen LogP contribution in [0, 0.1) is 0 Å². The minimum atomic E-state index is -1.45. The molecule has 58 valence electrons. The molecule has 0 radical (unpaired) electrons. The normalized spacial score (nSPS) is 30.3. The van der Waals surface area contributed by atoms with Gasteiger partial charge in [-0.3, -0.25) is 0 Å². The number of alkyl halides is 2. The standard InChI is InChI=1S/C5H6Cl2O3/c6-5(7)1-3(2-8)10-4(5)9/h3,8H,1-2H2. The first-order chi connectivity index (χ1) is 4.56. The quantitative estimate of drug-likeness (QED) is 0.477. The van der Waals surface area contributed by atoms with Crippen LogP contribution in [0.2, 0.25) is 0 Å². The zero-order valence-corrected chi connectivity index (χ0v) is 6.52. The summed E-state index contributed by atoms with van der Waals surface area (Å²) >= 11 is 10.9. The molecule has 1 aliphatic heterocycles. The average molecular weight is 185 g/mol. The molecule has 0 aromatic rings. The Morgan fingerprint density at radius 3 is 2.60 bits per heavy atom. The molecule has 1 atom stereocenters. The van der Waals surface area contributed by atoms with E-state index < -0.39 is 16.4 Å². The summed E-state index contributed by atoms with van der Waals surface area (Å²) in [5.41, 5.74) is 0. The van der Waals surface area contributed by atoms with Gasteiger partial charge in [0.15, 0.2) is 0 Å². The molecule has 0 amide bonds. The Labute approximate surface area is 67.9 Å². The number of aliphatic hydroxyl groups is 1. The number of hydrogen-bond acceptors (Lipinski definition) is 3. The van der Waals surface area contributed by atoms with Gasteiger partial charge in [0, 0.05) is 6.42 Å². The monoisotopic (exact) mass is 184 g/mol. The highest BCUT2D eigenvalue weighted by molar-refractivity contribution is 6.57. The van der Waals surface area contributed by atoms with Gasteiger partial charge in [-0.15, -0.1) is 0 Å². The van der Waals surface area contributed by atoms with Gasteiger partial charge < -0.3 is 9.84 Å². The van der Waals surface area contributed by atoms with Crippen molar-refractivity contribution in [2.75, 3.05) is 6.61 Å². The molecule has 1 rings (SSSR count). The van der Waals surface area contributed by atoms with Crippen molar-refractivity contribution in [1.29, 1.82) is 0 Å². The molecule has 0 spiro atoms. The van der Waals surface area contributed by atoms with E-state index in [4.69, 9.17) is 28.3 Å². The third kappa shape index (κ3) is 1.36. The fourth-order valence-corrected chi connectivity index (χ4v) is 1.18. The van der Waals surface area contributed by atoms with Crippen LogP contribution in [0.4, 0.5) is 0 Å². The molecule has 0 aromatic carbocycles. The van der Waals surface area contributed by atoms with E-state index in [9.17, 15) is 4.79 Å². The summed E-state index contributed by atoms with van der Waals surface area (Å²) in [4.78, 5) is 10.7. The maximum absolute atomic E-state index is 10.7. The lowest BCUT2D eigenvalue weighted by atomic mass is 10.2. The van der Waals surface area contributed by atoms with Crippen molar-refractivity contribution < 1.29 is 14.6 Å². The molecule has 0 aromatic heterocycles. The Kier molecular flexibility index (Phi) is 2.08. The molecular weight excluding hydrogens is 179 g/mol. The molecular formula is C5H6Cl2O3. The predicted molar refractivity (Wildman–Crippen MR) is 36.0 cm³/mol. The number of carbonyl (C=O) groups is 1. The lowest BCUT2D eigenvalue weighted by molar-refractivity contribution is -0.143. The van der Waals surface area contributed by atoms with Crippen molar-refractivity contribution in [1.82, 2.24) is 0 Å². The van der Waals surface area contributed by atoms with Crippen LogP contribution < -0.4 is 0 Å². The van der Waals surface area contributed by atoms with Crippen LogP contribution in [0.1, 0.15) is 6.42 Å². The molecule has 3 nitrogen and oxygen atoms in total. The highest BCUT2D eigenvalue weighted by Gasteiger charge is 2.46. The molecule has 1 aliphatic rings. The average Bonchev–Trinajstić information content (AvgIpc) is 2.08. The predicted octanol–water partition coefficient (Wildman–Crippen LogP) is 0.468. The first-order valence-corrected chi connectivity index (χ1v) is 3.51. The fraction of sp³-hybridized carbons (Fsp3) is 0.800. The number of cyclic esters (lactones) is 1. The summed E-state index contributed by atoms with van der Waals surface area (Å²) in [6, 6.07) is 0. The topological polar surface area (TPSA) is 46.5 Å². The number of halogens is 2. The second-order valence-corrected chi connectivity index (χ2v) is 3.60. The summed E-state index contributed by atoms with van der Waals surface area (Å²) in [5.74, 6) is -0.671. The molecule has 1 saturated heterocycles. The SMILES string of the molecule is O=C1OC(CO)CC1(Cl)Cl. The number of carbonyl (C=O) groups excluding carboxylic acids is 1. The molecule has 5 heteroatoms. The van der Waals surface area contributed by atoms with Crippen molar-refractivity contribution in [3.8, 4) is 0 Å². The van der Waals surface area contributed by atoms with Gasteiger partial charge in [0.1, 0.15) is 6.10 Å². The van der Waals surface area contributed by atoms with Crippen LogP contribution in [0.3, 0.4) is 0 Å². The third-order valence-electron chi connectivity index (χ3n) is 1.26. The highest BCUT2D eigenvalue weighted by Crippen LogP contribution is 2.35. The molecule has 0 aliphatic carbocycles. The number of esters is 1. The van der Waals surface area contributed by atoms with Gasteiger partial charge in [-0.05, 0) is 0 Å². The maximum atomic E-state index is 10.7. The Bertz CT molecular complexity index is 157. The van der Waals surface area contributed by atoms with E-state index >= 15 is 0 Å². The van der Waals surface area contributed by atoms with Crippen LogP contribution in [0.25, 0.3) is 0 Å². The van der Waals surface area contributed by atoms with Crippen molar-refractivity contribution in [2.24, 2.45) is 0 Å². The van der Waals surface area contributed by atoms with E-state index in [0.29, 0.717) is 0 Å². The molecule has 0 saturated carbocycles. The van der Waals surface area contributed by atoms with Crippen molar-refractivity contribution in [2.45, 2.75) is 16.9 Å². The Morgan fingerprint density at radius 2 is 2.40 bits per heavy atom. The zero-order valence-electron chi connectivity index (χ0n) is 5.01. The van der Waals surface area contributed by atoms with Gasteiger partial charge in [-0.2, -0.15) is 0 Å². The number of hydrogen-bond donors (Lipinski definition) is 1. The van der Waals surface area contributed by atoms with Gasteiger partial charge in [0.2, 0.25) is 4.33 Å². The summed E-state index contributed by atoms with van der Waals surface area (Å²) in [6.07, 6.45) is -0.381. The molecule has 1 heterocycles. The van der Waals surface area contributed by atoms with Gasteiger partial charge in [0.05, 0.1) is 6.61 Å². The number of ether oxygens (including phenoxy) is 1. The van der Waals surface area contributed by atoms with E-state index in [1.807, 2.05) is 0 Å². The molecule has 1 N–H and O–H groups in total. The minimum Gasteiger partial charge on any atom is -0.458 e. The van der Waals surface area contributed by atoms with Gasteiger partial charge in [0.25, 0.3) is 0 Å². The maximum Gasteiger partial charge on any atom is 0.343 e. The van der Waals surface area contributed by atoms with E-state index in [-0.39, 0.29) is 13.0 Å². The first kappa shape index (κ1) is 8.11. The summed E-state index contributed by atoms with van der Waals surface area (Å²) in [7, 11) is 0. The molecule has 10 heavy (non-hydrogen) atoms. The van der Waals surface area contributed by atoms with Crippen molar-refractivity contribution in [3.05, 3.63) is 0 Å². The van der Waals surface area contributed by atoms with E-state index in [0.717, 1.165) is 0 Å². The third-order valence-corrected chi connectivity index (χ3v) is 1.88. The number of aliphatic hydroxyl groups excluding tert-OH is 1. The lowest BCUT2D eigenvalue weighted by Crippen LogP contribution is -2.18. The highest BCUT2D eigenvalue weighted by atomic mass is 35.5. The van der Waals surface area contributed by atoms with Gasteiger partial charge >= 0.3 is 5.97 Å². The number of rotatable bonds is 1. The smallest absolute Gasteiger partial charge is 0.343 e. The van der Waals surface area contributed by atoms with Crippen molar-refractivity contribution in [3.63, 3.8) is 0 Å². The Morgan fingerprint density at radius 1 is 1.80 bits per heavy atom. The second-order valence-electron chi connectivity index (χ2n) is 2.12. The summed E-state index contributed by atoms with van der Waals surface area (Å²) in [5, 5.41) is 8.52. The fourth-order valence-electron chi connectivity index (χ4n) is 0.750. The van der Waals surface area contributed by atoms with Crippen LogP contribution in [0.15, 0.2) is 0 Å². The van der Waals surface area contributed by atoms with E-state index in [1.54, 1.807) is 0 Å². The van der Waals surface area contributed by atoms with E-state index in [2.05, 4.69) is 4.74 Å². The molecule has 0 bridgehead atoms. The second kappa shape index (κ2) is 2.57. The first-order valence-electron chi connectivity index (χ1n) is 2.76. The lowest BCUT2D eigenvalue weighted by Gasteiger charge is -2.02. The Balaban J connectivity index is 2.62.